The Morgan fingerprint density at radius 2 is 1.65 bits per heavy atom. The topological polar surface area (TPSA) is 42.5 Å². The van der Waals surface area contributed by atoms with Crippen molar-refractivity contribution in [1.29, 1.82) is 0 Å². The van der Waals surface area contributed by atoms with Crippen molar-refractivity contribution in [1.82, 2.24) is 9.13 Å². The van der Waals surface area contributed by atoms with Gasteiger partial charge >= 0.3 is 5.69 Å². The Balaban J connectivity index is 1.42. The van der Waals surface area contributed by atoms with Crippen molar-refractivity contribution in [3.05, 3.63) is 107 Å². The maximum atomic E-state index is 13.7. The molecule has 0 fully saturated rings. The summed E-state index contributed by atoms with van der Waals surface area (Å²) in [5.41, 5.74) is 7.63. The second kappa shape index (κ2) is 8.49. The maximum absolute atomic E-state index is 13.7. The summed E-state index contributed by atoms with van der Waals surface area (Å²) in [4.78, 5) is 13.7. The number of anilines is 1. The highest BCUT2D eigenvalue weighted by atomic mass is 16.1. The number of fused-ring (bicyclic) bond motifs is 1. The molecule has 0 saturated carbocycles. The summed E-state index contributed by atoms with van der Waals surface area (Å²) < 4.78 is 3.87. The van der Waals surface area contributed by atoms with Crippen molar-refractivity contribution in [2.45, 2.75) is 45.2 Å². The van der Waals surface area contributed by atoms with Gasteiger partial charge < -0.3 is 0 Å². The molecule has 0 radical (unpaired) electrons. The third kappa shape index (κ3) is 3.58. The van der Waals surface area contributed by atoms with Crippen molar-refractivity contribution in [3.8, 4) is 0 Å². The predicted octanol–water partition coefficient (Wildman–Crippen LogP) is 5.82. The van der Waals surface area contributed by atoms with Crippen LogP contribution in [-0.4, -0.2) is 20.9 Å². The molecule has 5 nitrogen and oxygen atoms in total. The molecule has 1 unspecified atom stereocenters. The average molecular weight is 449 g/mol. The van der Waals surface area contributed by atoms with Gasteiger partial charge in [0.15, 0.2) is 0 Å². The van der Waals surface area contributed by atoms with Crippen molar-refractivity contribution in [2.75, 3.05) is 5.01 Å². The lowest BCUT2D eigenvalue weighted by molar-refractivity contribution is 0.544. The number of aromatic nitrogens is 2. The molecular weight excluding hydrogens is 420 g/mol. The van der Waals surface area contributed by atoms with Gasteiger partial charge in [-0.05, 0) is 56.0 Å². The SMILES string of the molecule is Cc1ccc(C2=NN(c3ccccc3)C(Cn3c(=O)n(C4=CCCC4)c4ccccc43)C2)cc1. The Hall–Kier alpha value is -3.86. The molecule has 0 amide bonds. The van der Waals surface area contributed by atoms with Crippen molar-refractivity contribution in [2.24, 2.45) is 5.10 Å². The minimum Gasteiger partial charge on any atom is -0.289 e. The van der Waals surface area contributed by atoms with E-state index in [0.717, 1.165) is 59.4 Å². The van der Waals surface area contributed by atoms with E-state index < -0.39 is 0 Å². The van der Waals surface area contributed by atoms with Gasteiger partial charge in [0.05, 0.1) is 35.0 Å². The number of nitrogens with zero attached hydrogens (tertiary/aromatic N) is 4. The highest BCUT2D eigenvalue weighted by Gasteiger charge is 2.30. The molecule has 34 heavy (non-hydrogen) atoms. The number of rotatable bonds is 5. The highest BCUT2D eigenvalue weighted by Crippen LogP contribution is 2.30. The number of hydrazone groups is 1. The standard InChI is InChI=1S/C29H28N4O/c1-21-15-17-22(18-16-21)26-19-25(33(30-26)24-11-3-2-4-12-24)20-31-27-13-7-8-14-28(27)32(29(31)34)23-9-5-6-10-23/h2-4,7-9,11-18,25H,5-6,10,19-20H2,1H3. The minimum atomic E-state index is 0.0474. The zero-order chi connectivity index (χ0) is 23.1. The molecule has 2 aliphatic rings. The Kier molecular flexibility index (Phi) is 5.17. The fraction of sp³-hybridized carbons (Fsp3) is 0.241. The molecule has 0 N–H and O–H groups in total. The lowest BCUT2D eigenvalue weighted by Crippen LogP contribution is -2.35. The Morgan fingerprint density at radius 3 is 2.38 bits per heavy atom. The van der Waals surface area contributed by atoms with E-state index in [2.05, 4.69) is 66.5 Å². The molecule has 4 aromatic rings. The van der Waals surface area contributed by atoms with Gasteiger partial charge in [-0.1, -0.05) is 66.2 Å². The molecule has 5 heteroatoms. The highest BCUT2D eigenvalue weighted by molar-refractivity contribution is 6.03. The van der Waals surface area contributed by atoms with E-state index in [1.54, 1.807) is 0 Å². The van der Waals surface area contributed by atoms with Gasteiger partial charge in [0.2, 0.25) is 0 Å². The molecule has 2 heterocycles. The first-order valence-corrected chi connectivity index (χ1v) is 12.1. The molecule has 1 aliphatic carbocycles. The average Bonchev–Trinajstić information content (AvgIpc) is 3.60. The molecule has 3 aromatic carbocycles. The molecule has 170 valence electrons. The van der Waals surface area contributed by atoms with Crippen LogP contribution in [0.3, 0.4) is 0 Å². The Labute approximate surface area is 199 Å². The maximum Gasteiger partial charge on any atom is 0.333 e. The summed E-state index contributed by atoms with van der Waals surface area (Å²) in [5.74, 6) is 0. The summed E-state index contributed by atoms with van der Waals surface area (Å²) >= 11 is 0. The number of aryl methyl sites for hydroxylation is 1. The van der Waals surface area contributed by atoms with Crippen LogP contribution in [0.15, 0.2) is 94.8 Å². The summed E-state index contributed by atoms with van der Waals surface area (Å²) in [5, 5.41) is 7.15. The first-order valence-electron chi connectivity index (χ1n) is 12.1. The molecule has 1 atom stereocenters. The van der Waals surface area contributed by atoms with Gasteiger partial charge in [-0.15, -0.1) is 0 Å². The predicted molar refractivity (Wildman–Crippen MR) is 139 cm³/mol. The van der Waals surface area contributed by atoms with Crippen molar-refractivity contribution in [3.63, 3.8) is 0 Å². The zero-order valence-electron chi connectivity index (χ0n) is 19.4. The lowest BCUT2D eigenvalue weighted by Gasteiger charge is -2.24. The molecule has 0 bridgehead atoms. The summed E-state index contributed by atoms with van der Waals surface area (Å²) in [7, 11) is 0. The van der Waals surface area contributed by atoms with E-state index in [9.17, 15) is 4.79 Å². The van der Waals surface area contributed by atoms with Gasteiger partial charge in [-0.3, -0.25) is 14.1 Å². The molecule has 6 rings (SSSR count). The van der Waals surface area contributed by atoms with E-state index in [4.69, 9.17) is 5.10 Å². The van der Waals surface area contributed by atoms with Crippen LogP contribution < -0.4 is 10.7 Å². The molecule has 1 aliphatic heterocycles. The number of hydrogen-bond donors (Lipinski definition) is 0. The Morgan fingerprint density at radius 1 is 0.912 bits per heavy atom. The third-order valence-electron chi connectivity index (χ3n) is 6.94. The summed E-state index contributed by atoms with van der Waals surface area (Å²) in [6.45, 7) is 2.68. The van der Waals surface area contributed by atoms with Crippen LogP contribution in [0.1, 0.15) is 36.8 Å². The summed E-state index contributed by atoms with van der Waals surface area (Å²) in [6, 6.07) is 27.0. The van der Waals surface area contributed by atoms with Gasteiger partial charge in [-0.25, -0.2) is 4.79 Å². The quantitative estimate of drug-likeness (QED) is 0.386. The van der Waals surface area contributed by atoms with Crippen LogP contribution in [0, 0.1) is 6.92 Å². The van der Waals surface area contributed by atoms with E-state index >= 15 is 0 Å². The zero-order valence-corrected chi connectivity index (χ0v) is 19.4. The molecule has 0 saturated heterocycles. The molecular formula is C29H28N4O. The Bertz CT molecular complexity index is 1460. The fourth-order valence-electron chi connectivity index (χ4n) is 5.20. The van der Waals surface area contributed by atoms with Crippen molar-refractivity contribution < 1.29 is 0 Å². The largest absolute Gasteiger partial charge is 0.333 e. The van der Waals surface area contributed by atoms with Crippen molar-refractivity contribution >= 4 is 28.1 Å². The first-order chi connectivity index (χ1) is 16.7. The van der Waals surface area contributed by atoms with Crippen LogP contribution in [0.25, 0.3) is 16.7 Å². The van der Waals surface area contributed by atoms with E-state index in [-0.39, 0.29) is 11.7 Å². The van der Waals surface area contributed by atoms with Crippen LogP contribution in [0.4, 0.5) is 5.69 Å². The van der Waals surface area contributed by atoms with Crippen LogP contribution in [-0.2, 0) is 6.54 Å². The van der Waals surface area contributed by atoms with E-state index in [1.165, 1.54) is 5.56 Å². The summed E-state index contributed by atoms with van der Waals surface area (Å²) in [6.07, 6.45) is 6.10. The fourth-order valence-corrected chi connectivity index (χ4v) is 5.20. The number of para-hydroxylation sites is 3. The monoisotopic (exact) mass is 448 g/mol. The second-order valence-corrected chi connectivity index (χ2v) is 9.26. The van der Waals surface area contributed by atoms with Crippen LogP contribution >= 0.6 is 0 Å². The third-order valence-corrected chi connectivity index (χ3v) is 6.94. The number of imidazole rings is 1. The second-order valence-electron chi connectivity index (χ2n) is 9.26. The van der Waals surface area contributed by atoms with E-state index in [0.29, 0.717) is 6.54 Å². The first kappa shape index (κ1) is 20.7. The number of allylic oxidation sites excluding steroid dienone is 2. The van der Waals surface area contributed by atoms with Crippen LogP contribution in [0.2, 0.25) is 0 Å². The van der Waals surface area contributed by atoms with Gasteiger partial charge in [-0.2, -0.15) is 5.10 Å². The van der Waals surface area contributed by atoms with Gasteiger partial charge in [0.25, 0.3) is 0 Å². The molecule has 0 spiro atoms. The van der Waals surface area contributed by atoms with Gasteiger partial charge in [0, 0.05) is 12.1 Å². The van der Waals surface area contributed by atoms with Crippen LogP contribution in [0.5, 0.6) is 0 Å². The molecule has 1 aromatic heterocycles. The number of hydrogen-bond acceptors (Lipinski definition) is 3. The minimum absolute atomic E-state index is 0.0474. The lowest BCUT2D eigenvalue weighted by atomic mass is 10.0. The van der Waals surface area contributed by atoms with E-state index in [1.807, 2.05) is 39.5 Å². The van der Waals surface area contributed by atoms with Gasteiger partial charge in [0.1, 0.15) is 0 Å². The number of benzene rings is 3. The smallest absolute Gasteiger partial charge is 0.289 e. The normalized spacial score (nSPS) is 17.9.